The van der Waals surface area contributed by atoms with Crippen LogP contribution in [0.5, 0.6) is 0 Å². The number of hydrogen-bond acceptors (Lipinski definition) is 3. The molecule has 0 unspecified atom stereocenters. The Balaban J connectivity index is 1.92. The fourth-order valence-electron chi connectivity index (χ4n) is 4.89. The van der Waals surface area contributed by atoms with Crippen LogP contribution in [0.1, 0.15) is 65.7 Å². The highest BCUT2D eigenvalue weighted by atomic mass is 16.7. The first-order chi connectivity index (χ1) is 10.4. The van der Waals surface area contributed by atoms with E-state index in [1.807, 2.05) is 19.9 Å². The summed E-state index contributed by atoms with van der Waals surface area (Å²) in [6, 6.07) is 0. The first-order valence-corrected chi connectivity index (χ1v) is 8.67. The number of unbranched alkanes of at least 4 members (excludes halogenated alkanes) is 1. The summed E-state index contributed by atoms with van der Waals surface area (Å²) in [6.45, 7) is 9.84. The van der Waals surface area contributed by atoms with E-state index in [4.69, 9.17) is 9.47 Å². The summed E-state index contributed by atoms with van der Waals surface area (Å²) in [7, 11) is 0. The number of fused-ring (bicyclic) bond motifs is 2. The van der Waals surface area contributed by atoms with Gasteiger partial charge in [0.2, 0.25) is 5.79 Å². The van der Waals surface area contributed by atoms with Crippen molar-refractivity contribution in [2.75, 3.05) is 0 Å². The molecule has 0 bridgehead atoms. The lowest BCUT2D eigenvalue weighted by Gasteiger charge is -2.42. The van der Waals surface area contributed by atoms with Crippen molar-refractivity contribution < 1.29 is 14.3 Å². The molecule has 2 aliphatic carbocycles. The molecule has 3 atom stereocenters. The fourth-order valence-corrected chi connectivity index (χ4v) is 4.89. The predicted molar refractivity (Wildman–Crippen MR) is 85.9 cm³/mol. The summed E-state index contributed by atoms with van der Waals surface area (Å²) < 4.78 is 11.7. The lowest BCUT2D eigenvalue weighted by atomic mass is 9.68. The molecule has 1 aliphatic heterocycles. The van der Waals surface area contributed by atoms with Crippen LogP contribution in [0, 0.1) is 17.3 Å². The second-order valence-corrected chi connectivity index (χ2v) is 7.65. The standard InChI is InChI=1S/C19H28O3/c1-5-6-7-9-13(2)19-11-8-10-14(19)12-15-16(19)21-18(3,4)22-17(15)20/h5,13-14H,1,6-12H2,2-4H3/t13-,14+,19-/m1/s1. The molecule has 3 heteroatoms. The van der Waals surface area contributed by atoms with Crippen molar-refractivity contribution in [2.24, 2.45) is 17.3 Å². The van der Waals surface area contributed by atoms with Gasteiger partial charge in [0.25, 0.3) is 0 Å². The van der Waals surface area contributed by atoms with Gasteiger partial charge in [-0.15, -0.1) is 6.58 Å². The summed E-state index contributed by atoms with van der Waals surface area (Å²) in [5.41, 5.74) is 0.882. The average Bonchev–Trinajstić information content (AvgIpc) is 2.96. The third-order valence-electron chi connectivity index (χ3n) is 5.88. The number of allylic oxidation sites excluding steroid dienone is 2. The molecular formula is C19H28O3. The van der Waals surface area contributed by atoms with Crippen molar-refractivity contribution in [3.63, 3.8) is 0 Å². The number of ether oxygens (including phenoxy) is 2. The number of cyclic esters (lactones) is 1. The summed E-state index contributed by atoms with van der Waals surface area (Å²) in [5.74, 6) is 1.08. The normalized spacial score (nSPS) is 33.8. The quantitative estimate of drug-likeness (QED) is 0.418. The number of rotatable bonds is 5. The summed E-state index contributed by atoms with van der Waals surface area (Å²) in [4.78, 5) is 12.4. The Morgan fingerprint density at radius 3 is 2.91 bits per heavy atom. The van der Waals surface area contributed by atoms with E-state index in [2.05, 4.69) is 13.5 Å². The van der Waals surface area contributed by atoms with Crippen molar-refractivity contribution in [2.45, 2.75) is 71.5 Å². The van der Waals surface area contributed by atoms with Gasteiger partial charge in [0.1, 0.15) is 5.76 Å². The third kappa shape index (κ3) is 2.29. The van der Waals surface area contributed by atoms with Gasteiger partial charge < -0.3 is 9.47 Å². The van der Waals surface area contributed by atoms with Crippen molar-refractivity contribution in [1.82, 2.24) is 0 Å². The average molecular weight is 304 g/mol. The van der Waals surface area contributed by atoms with Crippen LogP contribution in [0.3, 0.4) is 0 Å². The molecule has 0 amide bonds. The summed E-state index contributed by atoms with van der Waals surface area (Å²) >= 11 is 0. The molecule has 122 valence electrons. The molecule has 3 aliphatic rings. The molecule has 3 nitrogen and oxygen atoms in total. The van der Waals surface area contributed by atoms with Crippen molar-refractivity contribution in [1.29, 1.82) is 0 Å². The smallest absolute Gasteiger partial charge is 0.340 e. The zero-order valence-corrected chi connectivity index (χ0v) is 14.1. The third-order valence-corrected chi connectivity index (χ3v) is 5.88. The minimum atomic E-state index is -0.832. The van der Waals surface area contributed by atoms with Crippen LogP contribution in [-0.2, 0) is 14.3 Å². The van der Waals surface area contributed by atoms with Crippen LogP contribution in [-0.4, -0.2) is 11.8 Å². The second-order valence-electron chi connectivity index (χ2n) is 7.65. The van der Waals surface area contributed by atoms with E-state index in [0.717, 1.165) is 43.4 Å². The van der Waals surface area contributed by atoms with E-state index in [0.29, 0.717) is 11.8 Å². The molecule has 0 aromatic carbocycles. The molecule has 3 rings (SSSR count). The summed E-state index contributed by atoms with van der Waals surface area (Å²) in [5, 5.41) is 0. The van der Waals surface area contributed by atoms with Crippen LogP contribution in [0.15, 0.2) is 24.0 Å². The molecule has 0 aromatic rings. The maximum atomic E-state index is 12.4. The Hall–Kier alpha value is -1.25. The minimum absolute atomic E-state index is 0.0627. The van der Waals surface area contributed by atoms with Gasteiger partial charge in [0, 0.05) is 19.3 Å². The molecule has 1 saturated carbocycles. The molecule has 0 radical (unpaired) electrons. The Bertz CT molecular complexity index is 517. The summed E-state index contributed by atoms with van der Waals surface area (Å²) in [6.07, 6.45) is 9.82. The van der Waals surface area contributed by atoms with Gasteiger partial charge in [-0.1, -0.05) is 19.4 Å². The Morgan fingerprint density at radius 2 is 2.18 bits per heavy atom. The maximum absolute atomic E-state index is 12.4. The van der Waals surface area contributed by atoms with Gasteiger partial charge in [-0.05, 0) is 50.4 Å². The molecule has 0 saturated heterocycles. The monoisotopic (exact) mass is 304 g/mol. The number of carbonyl (C=O) groups excluding carboxylic acids is 1. The first kappa shape index (κ1) is 15.6. The van der Waals surface area contributed by atoms with Crippen molar-refractivity contribution in [3.05, 3.63) is 24.0 Å². The van der Waals surface area contributed by atoms with E-state index < -0.39 is 5.79 Å². The molecular weight excluding hydrogens is 276 g/mol. The van der Waals surface area contributed by atoms with Crippen molar-refractivity contribution >= 4 is 5.97 Å². The van der Waals surface area contributed by atoms with Gasteiger partial charge in [-0.3, -0.25) is 0 Å². The molecule has 1 heterocycles. The first-order valence-electron chi connectivity index (χ1n) is 8.67. The molecule has 0 aromatic heterocycles. The SMILES string of the molecule is C=CCCC[C@@H](C)[C@]12CCC[C@H]1CC1=C2OC(C)(C)OC1=O. The lowest BCUT2D eigenvalue weighted by molar-refractivity contribution is -0.214. The van der Waals surface area contributed by atoms with Crippen LogP contribution in [0.2, 0.25) is 0 Å². The topological polar surface area (TPSA) is 35.5 Å². The van der Waals surface area contributed by atoms with E-state index in [1.165, 1.54) is 12.8 Å². The largest absolute Gasteiger partial charge is 0.456 e. The van der Waals surface area contributed by atoms with Crippen molar-refractivity contribution in [3.8, 4) is 0 Å². The van der Waals surface area contributed by atoms with Gasteiger partial charge in [0.05, 0.1) is 5.57 Å². The Kier molecular flexibility index (Phi) is 3.86. The number of hydrogen-bond donors (Lipinski definition) is 0. The second kappa shape index (κ2) is 5.43. The molecule has 1 fully saturated rings. The van der Waals surface area contributed by atoms with E-state index >= 15 is 0 Å². The highest BCUT2D eigenvalue weighted by molar-refractivity contribution is 5.91. The van der Waals surface area contributed by atoms with Crippen LogP contribution >= 0.6 is 0 Å². The zero-order chi connectivity index (χ0) is 16.0. The van der Waals surface area contributed by atoms with Gasteiger partial charge in [0.15, 0.2) is 0 Å². The van der Waals surface area contributed by atoms with Crippen LogP contribution < -0.4 is 0 Å². The predicted octanol–water partition coefficient (Wildman–Crippen LogP) is 4.73. The molecule has 0 spiro atoms. The highest BCUT2D eigenvalue weighted by Crippen LogP contribution is 2.63. The van der Waals surface area contributed by atoms with E-state index in [-0.39, 0.29) is 11.4 Å². The van der Waals surface area contributed by atoms with E-state index in [9.17, 15) is 4.79 Å². The number of esters is 1. The minimum Gasteiger partial charge on any atom is -0.456 e. The number of carbonyl (C=O) groups is 1. The zero-order valence-electron chi connectivity index (χ0n) is 14.1. The highest BCUT2D eigenvalue weighted by Gasteiger charge is 2.59. The van der Waals surface area contributed by atoms with E-state index in [1.54, 1.807) is 0 Å². The molecule has 0 N–H and O–H groups in total. The Labute approximate surface area is 133 Å². The lowest BCUT2D eigenvalue weighted by Crippen LogP contribution is -2.41. The van der Waals surface area contributed by atoms with Gasteiger partial charge in [-0.2, -0.15) is 0 Å². The van der Waals surface area contributed by atoms with Crippen LogP contribution in [0.25, 0.3) is 0 Å². The Morgan fingerprint density at radius 1 is 1.41 bits per heavy atom. The van der Waals surface area contributed by atoms with Crippen LogP contribution in [0.4, 0.5) is 0 Å². The molecule has 22 heavy (non-hydrogen) atoms. The van der Waals surface area contributed by atoms with Gasteiger partial charge in [-0.25, -0.2) is 4.79 Å². The fraction of sp³-hybridized carbons (Fsp3) is 0.737. The van der Waals surface area contributed by atoms with Gasteiger partial charge >= 0.3 is 5.97 Å². The maximum Gasteiger partial charge on any atom is 0.340 e.